The van der Waals surface area contributed by atoms with E-state index in [4.69, 9.17) is 21.1 Å². The maximum Gasteiger partial charge on any atom is 0.331 e. The van der Waals surface area contributed by atoms with Crippen LogP contribution < -0.4 is 10.1 Å². The molecule has 1 aromatic heterocycles. The van der Waals surface area contributed by atoms with E-state index in [0.717, 1.165) is 5.56 Å². The number of benzene rings is 1. The van der Waals surface area contributed by atoms with E-state index in [-0.39, 0.29) is 0 Å². The Morgan fingerprint density at radius 3 is 2.68 bits per heavy atom. The molecular weight excluding hydrogens is 344 g/mol. The third-order valence-electron chi connectivity index (χ3n) is 3.18. The van der Waals surface area contributed by atoms with Crippen LogP contribution in [0.15, 0.2) is 48.7 Å². The summed E-state index contributed by atoms with van der Waals surface area (Å²) >= 11 is 5.73. The summed E-state index contributed by atoms with van der Waals surface area (Å²) in [5.41, 5.74) is 0.726. The molecule has 2 aromatic rings. The SMILES string of the molecule is COc1ccccc1/C=C/C(=O)O[C@H](C)C(=O)Nc1ccc(Cl)cn1. The minimum Gasteiger partial charge on any atom is -0.496 e. The molecule has 0 fully saturated rings. The number of hydrogen-bond acceptors (Lipinski definition) is 5. The number of ether oxygens (including phenoxy) is 2. The second-order valence-electron chi connectivity index (χ2n) is 5.01. The highest BCUT2D eigenvalue weighted by atomic mass is 35.5. The number of nitrogens with one attached hydrogen (secondary N) is 1. The summed E-state index contributed by atoms with van der Waals surface area (Å²) in [4.78, 5) is 27.8. The molecule has 25 heavy (non-hydrogen) atoms. The third kappa shape index (κ3) is 5.61. The quantitative estimate of drug-likeness (QED) is 0.631. The van der Waals surface area contributed by atoms with Crippen molar-refractivity contribution >= 4 is 35.4 Å². The number of carbonyl (C=O) groups is 2. The highest BCUT2D eigenvalue weighted by Gasteiger charge is 2.17. The van der Waals surface area contributed by atoms with E-state index >= 15 is 0 Å². The van der Waals surface area contributed by atoms with Gasteiger partial charge in [-0.1, -0.05) is 29.8 Å². The van der Waals surface area contributed by atoms with Gasteiger partial charge in [0, 0.05) is 17.8 Å². The number of hydrogen-bond donors (Lipinski definition) is 1. The van der Waals surface area contributed by atoms with Crippen LogP contribution in [0.4, 0.5) is 5.82 Å². The molecule has 0 saturated carbocycles. The largest absolute Gasteiger partial charge is 0.496 e. The van der Waals surface area contributed by atoms with Gasteiger partial charge in [-0.05, 0) is 31.2 Å². The normalized spacial score (nSPS) is 11.8. The number of esters is 1. The van der Waals surface area contributed by atoms with Gasteiger partial charge in [0.15, 0.2) is 6.10 Å². The van der Waals surface area contributed by atoms with E-state index in [1.54, 1.807) is 37.5 Å². The second kappa shape index (κ2) is 8.84. The minimum atomic E-state index is -0.979. The molecule has 0 aliphatic rings. The highest BCUT2D eigenvalue weighted by Crippen LogP contribution is 2.18. The van der Waals surface area contributed by atoms with Crippen LogP contribution in [0.25, 0.3) is 6.08 Å². The monoisotopic (exact) mass is 360 g/mol. The summed E-state index contributed by atoms with van der Waals surface area (Å²) in [6.07, 6.45) is 3.23. The summed E-state index contributed by atoms with van der Waals surface area (Å²) in [5.74, 6) is -0.181. The molecule has 0 aliphatic carbocycles. The molecule has 0 spiro atoms. The number of rotatable bonds is 6. The first kappa shape index (κ1) is 18.5. The van der Waals surface area contributed by atoms with E-state index in [9.17, 15) is 9.59 Å². The number of halogens is 1. The molecule has 1 N–H and O–H groups in total. The molecule has 1 aromatic carbocycles. The Labute approximate surface area is 150 Å². The van der Waals surface area contributed by atoms with Gasteiger partial charge in [0.2, 0.25) is 0 Å². The fraction of sp³-hybridized carbons (Fsp3) is 0.167. The van der Waals surface area contributed by atoms with Crippen LogP contribution in [0.3, 0.4) is 0 Å². The highest BCUT2D eigenvalue weighted by molar-refractivity contribution is 6.30. The van der Waals surface area contributed by atoms with Crippen molar-refractivity contribution < 1.29 is 19.1 Å². The van der Waals surface area contributed by atoms with Crippen LogP contribution in [0.5, 0.6) is 5.75 Å². The number of para-hydroxylation sites is 1. The summed E-state index contributed by atoms with van der Waals surface area (Å²) in [6, 6.07) is 10.4. The number of pyridine rings is 1. The van der Waals surface area contributed by atoms with E-state index in [1.807, 2.05) is 12.1 Å². The number of amides is 1. The zero-order valence-corrected chi connectivity index (χ0v) is 14.5. The van der Waals surface area contributed by atoms with E-state index in [0.29, 0.717) is 16.6 Å². The summed E-state index contributed by atoms with van der Waals surface area (Å²) in [7, 11) is 1.54. The first-order valence-electron chi connectivity index (χ1n) is 7.43. The van der Waals surface area contributed by atoms with E-state index in [1.165, 1.54) is 19.2 Å². The Morgan fingerprint density at radius 2 is 2.00 bits per heavy atom. The molecule has 1 amide bonds. The van der Waals surface area contributed by atoms with Crippen LogP contribution in [-0.4, -0.2) is 30.1 Å². The Morgan fingerprint density at radius 1 is 1.24 bits per heavy atom. The zero-order valence-electron chi connectivity index (χ0n) is 13.7. The van der Waals surface area contributed by atoms with Gasteiger partial charge in [-0.25, -0.2) is 9.78 Å². The molecule has 7 heteroatoms. The average Bonchev–Trinajstić information content (AvgIpc) is 2.62. The lowest BCUT2D eigenvalue weighted by atomic mass is 10.2. The topological polar surface area (TPSA) is 77.5 Å². The van der Waals surface area contributed by atoms with Gasteiger partial charge in [0.25, 0.3) is 5.91 Å². The van der Waals surface area contributed by atoms with Crippen molar-refractivity contribution in [1.82, 2.24) is 4.98 Å². The molecule has 0 aliphatic heterocycles. The standard InChI is InChI=1S/C18H17ClN2O4/c1-12(18(23)21-16-9-8-14(19)11-20-16)25-17(22)10-7-13-5-3-4-6-15(13)24-2/h3-12H,1-2H3,(H,20,21,23)/b10-7+/t12-/m1/s1. The molecule has 0 saturated heterocycles. The first-order valence-corrected chi connectivity index (χ1v) is 7.81. The number of carbonyl (C=O) groups excluding carboxylic acids is 2. The lowest BCUT2D eigenvalue weighted by Gasteiger charge is -2.12. The molecule has 1 atom stereocenters. The van der Waals surface area contributed by atoms with E-state index < -0.39 is 18.0 Å². The predicted molar refractivity (Wildman–Crippen MR) is 95.5 cm³/mol. The smallest absolute Gasteiger partial charge is 0.331 e. The Balaban J connectivity index is 1.91. The number of aromatic nitrogens is 1. The van der Waals surface area contributed by atoms with Crippen molar-refractivity contribution in [2.45, 2.75) is 13.0 Å². The van der Waals surface area contributed by atoms with Gasteiger partial charge in [-0.15, -0.1) is 0 Å². The van der Waals surface area contributed by atoms with Crippen molar-refractivity contribution in [3.63, 3.8) is 0 Å². The second-order valence-corrected chi connectivity index (χ2v) is 5.44. The molecule has 1 heterocycles. The molecule has 0 bridgehead atoms. The minimum absolute atomic E-state index is 0.321. The van der Waals surface area contributed by atoms with Crippen LogP contribution >= 0.6 is 11.6 Å². The lowest BCUT2D eigenvalue weighted by molar-refractivity contribution is -0.148. The van der Waals surface area contributed by atoms with Gasteiger partial charge in [-0.2, -0.15) is 0 Å². The zero-order chi connectivity index (χ0) is 18.2. The number of nitrogens with zero attached hydrogens (tertiary/aromatic N) is 1. The van der Waals surface area contributed by atoms with Crippen LogP contribution in [0, 0.1) is 0 Å². The summed E-state index contributed by atoms with van der Waals surface area (Å²) in [6.45, 7) is 1.47. The molecule has 0 unspecified atom stereocenters. The molecular formula is C18H17ClN2O4. The van der Waals surface area contributed by atoms with E-state index in [2.05, 4.69) is 10.3 Å². The summed E-state index contributed by atoms with van der Waals surface area (Å²) in [5, 5.41) is 2.99. The molecule has 6 nitrogen and oxygen atoms in total. The lowest BCUT2D eigenvalue weighted by Crippen LogP contribution is -2.29. The maximum absolute atomic E-state index is 12.0. The van der Waals surface area contributed by atoms with Crippen molar-refractivity contribution in [1.29, 1.82) is 0 Å². The van der Waals surface area contributed by atoms with Gasteiger partial charge in [0.05, 0.1) is 12.1 Å². The predicted octanol–water partition coefficient (Wildman–Crippen LogP) is 3.33. The summed E-state index contributed by atoms with van der Waals surface area (Å²) < 4.78 is 10.3. The van der Waals surface area contributed by atoms with Gasteiger partial charge >= 0.3 is 5.97 Å². The van der Waals surface area contributed by atoms with Crippen LogP contribution in [-0.2, 0) is 14.3 Å². The molecule has 2 rings (SSSR count). The van der Waals surface area contributed by atoms with Crippen LogP contribution in [0.2, 0.25) is 5.02 Å². The van der Waals surface area contributed by atoms with Crippen molar-refractivity contribution in [2.75, 3.05) is 12.4 Å². The number of anilines is 1. The van der Waals surface area contributed by atoms with Crippen molar-refractivity contribution in [2.24, 2.45) is 0 Å². The fourth-order valence-corrected chi connectivity index (χ4v) is 2.02. The molecule has 0 radical (unpaired) electrons. The first-order chi connectivity index (χ1) is 12.0. The van der Waals surface area contributed by atoms with Crippen LogP contribution in [0.1, 0.15) is 12.5 Å². The van der Waals surface area contributed by atoms with Gasteiger partial charge in [-0.3, -0.25) is 4.79 Å². The Hall–Kier alpha value is -2.86. The maximum atomic E-state index is 12.0. The Bertz CT molecular complexity index is 775. The van der Waals surface area contributed by atoms with Crippen molar-refractivity contribution in [3.05, 3.63) is 59.3 Å². The molecule has 130 valence electrons. The Kier molecular flexibility index (Phi) is 6.54. The van der Waals surface area contributed by atoms with Gasteiger partial charge < -0.3 is 14.8 Å². The fourth-order valence-electron chi connectivity index (χ4n) is 1.91. The van der Waals surface area contributed by atoms with Gasteiger partial charge in [0.1, 0.15) is 11.6 Å². The third-order valence-corrected chi connectivity index (χ3v) is 3.40. The average molecular weight is 361 g/mol. The van der Waals surface area contributed by atoms with Crippen molar-refractivity contribution in [3.8, 4) is 5.75 Å². The number of methoxy groups -OCH3 is 1.